The van der Waals surface area contributed by atoms with Crippen molar-refractivity contribution in [3.8, 4) is 0 Å². The first-order chi connectivity index (χ1) is 19.0. The molecule has 7 nitrogen and oxygen atoms in total. The number of sulfonamides is 1. The number of halogens is 3. The Morgan fingerprint density at radius 1 is 0.925 bits per heavy atom. The van der Waals surface area contributed by atoms with Crippen LogP contribution in [0.25, 0.3) is 0 Å². The van der Waals surface area contributed by atoms with Crippen molar-refractivity contribution in [2.24, 2.45) is 0 Å². The summed E-state index contributed by atoms with van der Waals surface area (Å²) in [6.45, 7) is 5.44. The molecule has 3 aromatic rings. The standard InChI is InChI=1S/C29H32Cl3N3O4S/c1-4-15-33-29(37)27(5-2)34(18-21-9-10-23(31)17-26(21)32)28(36)19-35(24-8-6-7-20(3)16-24)40(38,39)25-13-11-22(30)12-14-25/h6-14,16-17,27H,4-5,15,18-19H2,1-3H3,(H,33,37)/t27-/m0/s1. The van der Waals surface area contributed by atoms with Gasteiger partial charge in [-0.25, -0.2) is 8.42 Å². The molecule has 0 radical (unpaired) electrons. The van der Waals surface area contributed by atoms with Crippen LogP contribution in [0.1, 0.15) is 37.8 Å². The van der Waals surface area contributed by atoms with E-state index < -0.39 is 28.5 Å². The van der Waals surface area contributed by atoms with Crippen LogP contribution in [0.3, 0.4) is 0 Å². The van der Waals surface area contributed by atoms with Gasteiger partial charge in [-0.1, -0.05) is 66.8 Å². The van der Waals surface area contributed by atoms with Gasteiger partial charge in [-0.05, 0) is 79.4 Å². The molecule has 0 fully saturated rings. The number of aryl methyl sites for hydroxylation is 1. The summed E-state index contributed by atoms with van der Waals surface area (Å²) in [4.78, 5) is 28.6. The number of carbonyl (C=O) groups is 2. The van der Waals surface area contributed by atoms with E-state index in [0.29, 0.717) is 39.3 Å². The Hall–Kier alpha value is -2.78. The van der Waals surface area contributed by atoms with Crippen molar-refractivity contribution in [2.75, 3.05) is 17.4 Å². The number of benzene rings is 3. The molecule has 0 spiro atoms. The molecule has 0 saturated carbocycles. The van der Waals surface area contributed by atoms with Crippen molar-refractivity contribution in [3.05, 3.63) is 92.9 Å². The molecular weight excluding hydrogens is 593 g/mol. The number of nitrogens with one attached hydrogen (secondary N) is 1. The minimum atomic E-state index is -4.19. The van der Waals surface area contributed by atoms with E-state index in [1.165, 1.54) is 29.2 Å². The predicted octanol–water partition coefficient (Wildman–Crippen LogP) is 6.48. The fourth-order valence-electron chi connectivity index (χ4n) is 4.16. The first-order valence-corrected chi connectivity index (χ1v) is 15.4. The molecule has 1 N–H and O–H groups in total. The highest BCUT2D eigenvalue weighted by molar-refractivity contribution is 7.92. The Kier molecular flexibility index (Phi) is 11.3. The van der Waals surface area contributed by atoms with Crippen LogP contribution in [0.15, 0.2) is 71.6 Å². The molecule has 3 aromatic carbocycles. The van der Waals surface area contributed by atoms with E-state index in [9.17, 15) is 18.0 Å². The van der Waals surface area contributed by atoms with Gasteiger partial charge in [-0.15, -0.1) is 0 Å². The summed E-state index contributed by atoms with van der Waals surface area (Å²) >= 11 is 18.5. The third kappa shape index (κ3) is 7.91. The van der Waals surface area contributed by atoms with Crippen molar-refractivity contribution in [1.29, 1.82) is 0 Å². The second-order valence-corrected chi connectivity index (χ2v) is 12.4. The van der Waals surface area contributed by atoms with Crippen LogP contribution in [0, 0.1) is 6.92 Å². The highest BCUT2D eigenvalue weighted by Crippen LogP contribution is 2.28. The largest absolute Gasteiger partial charge is 0.354 e. The van der Waals surface area contributed by atoms with Gasteiger partial charge in [0.15, 0.2) is 0 Å². The molecule has 0 aliphatic carbocycles. The molecule has 214 valence electrons. The fourth-order valence-corrected chi connectivity index (χ4v) is 6.16. The lowest BCUT2D eigenvalue weighted by atomic mass is 10.1. The monoisotopic (exact) mass is 623 g/mol. The average molecular weight is 625 g/mol. The predicted molar refractivity (Wildman–Crippen MR) is 162 cm³/mol. The third-order valence-corrected chi connectivity index (χ3v) is 8.89. The molecule has 2 amide bonds. The molecule has 40 heavy (non-hydrogen) atoms. The molecule has 0 heterocycles. The van der Waals surface area contributed by atoms with E-state index in [0.717, 1.165) is 16.3 Å². The van der Waals surface area contributed by atoms with E-state index in [4.69, 9.17) is 34.8 Å². The van der Waals surface area contributed by atoms with Gasteiger partial charge in [0.1, 0.15) is 12.6 Å². The van der Waals surface area contributed by atoms with Gasteiger partial charge >= 0.3 is 0 Å². The highest BCUT2D eigenvalue weighted by atomic mass is 35.5. The van der Waals surface area contributed by atoms with E-state index >= 15 is 0 Å². The molecular formula is C29H32Cl3N3O4S. The third-order valence-electron chi connectivity index (χ3n) is 6.26. The maximum atomic E-state index is 14.1. The summed E-state index contributed by atoms with van der Waals surface area (Å²) in [7, 11) is -4.19. The molecule has 3 rings (SSSR count). The summed E-state index contributed by atoms with van der Waals surface area (Å²) in [6.07, 6.45) is 1.03. The van der Waals surface area contributed by atoms with Crippen molar-refractivity contribution in [1.82, 2.24) is 10.2 Å². The Balaban J connectivity index is 2.07. The number of hydrogen-bond acceptors (Lipinski definition) is 4. The molecule has 0 aliphatic rings. The second kappa shape index (κ2) is 14.2. The SMILES string of the molecule is CCCNC(=O)[C@H](CC)N(Cc1ccc(Cl)cc1Cl)C(=O)CN(c1cccc(C)c1)S(=O)(=O)c1ccc(Cl)cc1. The number of hydrogen-bond donors (Lipinski definition) is 1. The highest BCUT2D eigenvalue weighted by Gasteiger charge is 2.34. The van der Waals surface area contributed by atoms with E-state index in [1.807, 2.05) is 19.9 Å². The van der Waals surface area contributed by atoms with Crippen LogP contribution in [-0.4, -0.2) is 44.3 Å². The van der Waals surface area contributed by atoms with Crippen LogP contribution in [0.2, 0.25) is 15.1 Å². The molecule has 11 heteroatoms. The van der Waals surface area contributed by atoms with Gasteiger partial charge in [0.2, 0.25) is 11.8 Å². The van der Waals surface area contributed by atoms with Gasteiger partial charge in [-0.3, -0.25) is 13.9 Å². The van der Waals surface area contributed by atoms with E-state index in [2.05, 4.69) is 5.32 Å². The summed E-state index contributed by atoms with van der Waals surface area (Å²) in [5.41, 5.74) is 1.71. The molecule has 0 unspecified atom stereocenters. The van der Waals surface area contributed by atoms with Crippen molar-refractivity contribution in [3.63, 3.8) is 0 Å². The molecule has 0 bridgehead atoms. The summed E-state index contributed by atoms with van der Waals surface area (Å²) < 4.78 is 28.8. The summed E-state index contributed by atoms with van der Waals surface area (Å²) in [6, 6.07) is 16.6. The Labute approximate surface area is 251 Å². The zero-order valence-electron chi connectivity index (χ0n) is 22.5. The van der Waals surface area contributed by atoms with Gasteiger partial charge < -0.3 is 10.2 Å². The lowest BCUT2D eigenvalue weighted by Crippen LogP contribution is -2.52. The molecule has 0 aromatic heterocycles. The minimum Gasteiger partial charge on any atom is -0.354 e. The fraction of sp³-hybridized carbons (Fsp3) is 0.310. The van der Waals surface area contributed by atoms with Crippen molar-refractivity contribution < 1.29 is 18.0 Å². The molecule has 0 aliphatic heterocycles. The Morgan fingerprint density at radius 2 is 1.60 bits per heavy atom. The number of anilines is 1. The zero-order chi connectivity index (χ0) is 29.4. The summed E-state index contributed by atoms with van der Waals surface area (Å²) in [5.74, 6) is -0.894. The number of nitrogens with zero attached hydrogens (tertiary/aromatic N) is 2. The van der Waals surface area contributed by atoms with E-state index in [-0.39, 0.29) is 17.3 Å². The minimum absolute atomic E-state index is 0.0183. The van der Waals surface area contributed by atoms with Crippen LogP contribution < -0.4 is 9.62 Å². The van der Waals surface area contributed by atoms with Crippen LogP contribution >= 0.6 is 34.8 Å². The van der Waals surface area contributed by atoms with Gasteiger partial charge in [0.25, 0.3) is 10.0 Å². The Morgan fingerprint density at radius 3 is 2.20 bits per heavy atom. The van der Waals surface area contributed by atoms with Gasteiger partial charge in [0, 0.05) is 28.2 Å². The normalized spacial score (nSPS) is 12.1. The first kappa shape index (κ1) is 31.7. The second-order valence-electron chi connectivity index (χ2n) is 9.28. The van der Waals surface area contributed by atoms with Gasteiger partial charge in [-0.2, -0.15) is 0 Å². The van der Waals surface area contributed by atoms with Crippen molar-refractivity contribution >= 4 is 62.3 Å². The van der Waals surface area contributed by atoms with Crippen molar-refractivity contribution in [2.45, 2.75) is 51.1 Å². The quantitative estimate of drug-likeness (QED) is 0.250. The van der Waals surface area contributed by atoms with Crippen LogP contribution in [-0.2, 0) is 26.2 Å². The topological polar surface area (TPSA) is 86.8 Å². The Bertz CT molecular complexity index is 1450. The average Bonchev–Trinajstić information content (AvgIpc) is 2.91. The molecule has 1 atom stereocenters. The van der Waals surface area contributed by atoms with E-state index in [1.54, 1.807) is 43.3 Å². The van der Waals surface area contributed by atoms with Crippen LogP contribution in [0.4, 0.5) is 5.69 Å². The smallest absolute Gasteiger partial charge is 0.264 e. The summed E-state index contributed by atoms with van der Waals surface area (Å²) in [5, 5.41) is 3.99. The first-order valence-electron chi connectivity index (χ1n) is 12.8. The lowest BCUT2D eigenvalue weighted by molar-refractivity contribution is -0.140. The number of amides is 2. The number of rotatable bonds is 12. The molecule has 0 saturated heterocycles. The maximum Gasteiger partial charge on any atom is 0.264 e. The number of carbonyl (C=O) groups excluding carboxylic acids is 2. The van der Waals surface area contributed by atoms with Crippen LogP contribution in [0.5, 0.6) is 0 Å². The maximum absolute atomic E-state index is 14.1. The van der Waals surface area contributed by atoms with Gasteiger partial charge in [0.05, 0.1) is 10.6 Å². The lowest BCUT2D eigenvalue weighted by Gasteiger charge is -2.33. The zero-order valence-corrected chi connectivity index (χ0v) is 25.6.